The molecule has 7 nitrogen and oxygen atoms in total. The highest BCUT2D eigenvalue weighted by Crippen LogP contribution is 2.39. The van der Waals surface area contributed by atoms with Crippen molar-refractivity contribution in [2.24, 2.45) is 4.99 Å². The molecule has 2 saturated heterocycles. The summed E-state index contributed by atoms with van der Waals surface area (Å²) in [6.45, 7) is 8.64. The Labute approximate surface area is 189 Å². The maximum absolute atomic E-state index is 6.61. The molecule has 2 aliphatic heterocycles. The first kappa shape index (κ1) is 21.8. The van der Waals surface area contributed by atoms with E-state index in [0.717, 1.165) is 75.7 Å². The van der Waals surface area contributed by atoms with E-state index in [2.05, 4.69) is 44.1 Å². The standard InChI is InChI=1S/C23H31ClN6O/c1-2-25-21(29-12-14-30(15-13-29)22-26-10-5-11-27-22)28-18-23(8-16-31-17-9-23)19-6-3-4-7-20(19)24/h3-7,10-11H,2,8-9,12-18H2,1H3,(H,25,28). The highest BCUT2D eigenvalue weighted by molar-refractivity contribution is 6.31. The van der Waals surface area contributed by atoms with Crippen LogP contribution in [-0.4, -0.2) is 73.3 Å². The van der Waals surface area contributed by atoms with Crippen LogP contribution in [0.15, 0.2) is 47.7 Å². The van der Waals surface area contributed by atoms with Crippen molar-refractivity contribution in [2.75, 3.05) is 57.4 Å². The first-order valence-corrected chi connectivity index (χ1v) is 11.5. The van der Waals surface area contributed by atoms with Crippen molar-refractivity contribution in [1.82, 2.24) is 20.2 Å². The minimum absolute atomic E-state index is 0.0863. The van der Waals surface area contributed by atoms with Crippen LogP contribution in [0, 0.1) is 0 Å². The molecule has 0 unspecified atom stereocenters. The second kappa shape index (κ2) is 10.3. The van der Waals surface area contributed by atoms with Crippen LogP contribution in [0.1, 0.15) is 25.3 Å². The Balaban J connectivity index is 1.49. The Kier molecular flexibility index (Phi) is 7.25. The third-order valence-electron chi connectivity index (χ3n) is 6.18. The van der Waals surface area contributed by atoms with Gasteiger partial charge in [0.1, 0.15) is 0 Å². The minimum Gasteiger partial charge on any atom is -0.381 e. The molecule has 31 heavy (non-hydrogen) atoms. The summed E-state index contributed by atoms with van der Waals surface area (Å²) in [7, 11) is 0. The van der Waals surface area contributed by atoms with Gasteiger partial charge in [0.2, 0.25) is 5.95 Å². The van der Waals surface area contributed by atoms with Gasteiger partial charge in [-0.1, -0.05) is 29.8 Å². The van der Waals surface area contributed by atoms with Crippen molar-refractivity contribution < 1.29 is 4.74 Å². The van der Waals surface area contributed by atoms with Crippen molar-refractivity contribution in [3.63, 3.8) is 0 Å². The van der Waals surface area contributed by atoms with Crippen LogP contribution < -0.4 is 10.2 Å². The molecule has 1 aromatic carbocycles. The fraction of sp³-hybridized carbons (Fsp3) is 0.522. The van der Waals surface area contributed by atoms with Gasteiger partial charge in [-0.3, -0.25) is 4.99 Å². The largest absolute Gasteiger partial charge is 0.381 e. The van der Waals surface area contributed by atoms with Gasteiger partial charge in [0, 0.05) is 68.8 Å². The summed E-state index contributed by atoms with van der Waals surface area (Å²) in [6.07, 6.45) is 5.45. The third-order valence-corrected chi connectivity index (χ3v) is 6.51. The zero-order valence-electron chi connectivity index (χ0n) is 18.1. The summed E-state index contributed by atoms with van der Waals surface area (Å²) >= 11 is 6.61. The Bertz CT molecular complexity index is 863. The van der Waals surface area contributed by atoms with Crippen LogP contribution in [0.3, 0.4) is 0 Å². The van der Waals surface area contributed by atoms with Gasteiger partial charge < -0.3 is 19.9 Å². The number of benzene rings is 1. The number of hydrogen-bond donors (Lipinski definition) is 1. The Morgan fingerprint density at radius 1 is 1.10 bits per heavy atom. The van der Waals surface area contributed by atoms with Crippen LogP contribution in [0.2, 0.25) is 5.02 Å². The number of rotatable bonds is 5. The molecule has 0 aliphatic carbocycles. The van der Waals surface area contributed by atoms with E-state index < -0.39 is 0 Å². The van der Waals surface area contributed by atoms with E-state index >= 15 is 0 Å². The van der Waals surface area contributed by atoms with Crippen molar-refractivity contribution in [1.29, 1.82) is 0 Å². The molecular formula is C23H31ClN6O. The lowest BCUT2D eigenvalue weighted by molar-refractivity contribution is 0.0530. The monoisotopic (exact) mass is 442 g/mol. The second-order valence-electron chi connectivity index (χ2n) is 8.07. The number of hydrogen-bond acceptors (Lipinski definition) is 5. The molecule has 1 N–H and O–H groups in total. The molecule has 1 aromatic heterocycles. The van der Waals surface area contributed by atoms with E-state index in [1.807, 2.05) is 18.2 Å². The topological polar surface area (TPSA) is 65.9 Å². The number of nitrogens with zero attached hydrogens (tertiary/aromatic N) is 5. The van der Waals surface area contributed by atoms with E-state index in [-0.39, 0.29) is 5.41 Å². The maximum Gasteiger partial charge on any atom is 0.225 e. The number of aromatic nitrogens is 2. The van der Waals surface area contributed by atoms with E-state index in [9.17, 15) is 0 Å². The fourth-order valence-corrected chi connectivity index (χ4v) is 4.73. The zero-order chi connectivity index (χ0) is 21.5. The lowest BCUT2D eigenvalue weighted by Gasteiger charge is -2.39. The Morgan fingerprint density at radius 3 is 2.48 bits per heavy atom. The van der Waals surface area contributed by atoms with Gasteiger partial charge >= 0.3 is 0 Å². The van der Waals surface area contributed by atoms with Crippen LogP contribution in [0.25, 0.3) is 0 Å². The number of nitrogens with one attached hydrogen (secondary N) is 1. The van der Waals surface area contributed by atoms with Gasteiger partial charge in [-0.15, -0.1) is 0 Å². The Morgan fingerprint density at radius 2 is 1.81 bits per heavy atom. The molecule has 166 valence electrons. The van der Waals surface area contributed by atoms with Crippen molar-refractivity contribution in [3.8, 4) is 0 Å². The summed E-state index contributed by atoms with van der Waals surface area (Å²) in [5.74, 6) is 1.76. The predicted octanol–water partition coefficient (Wildman–Crippen LogP) is 2.97. The maximum atomic E-state index is 6.61. The third kappa shape index (κ3) is 5.10. The van der Waals surface area contributed by atoms with Crippen molar-refractivity contribution >= 4 is 23.5 Å². The van der Waals surface area contributed by atoms with E-state index in [0.29, 0.717) is 6.54 Å². The zero-order valence-corrected chi connectivity index (χ0v) is 18.9. The van der Waals surface area contributed by atoms with Crippen molar-refractivity contribution in [2.45, 2.75) is 25.2 Å². The van der Waals surface area contributed by atoms with E-state index in [1.54, 1.807) is 12.4 Å². The molecule has 2 aliphatic rings. The van der Waals surface area contributed by atoms with Gasteiger partial charge in [-0.2, -0.15) is 0 Å². The molecule has 2 fully saturated rings. The first-order valence-electron chi connectivity index (χ1n) is 11.1. The normalized spacial score (nSPS) is 19.4. The molecule has 0 bridgehead atoms. The van der Waals surface area contributed by atoms with Crippen molar-refractivity contribution in [3.05, 3.63) is 53.3 Å². The molecule has 3 heterocycles. The molecule has 0 spiro atoms. The molecule has 0 saturated carbocycles. The summed E-state index contributed by atoms with van der Waals surface area (Å²) in [5.41, 5.74) is 1.10. The smallest absolute Gasteiger partial charge is 0.225 e. The molecule has 0 amide bonds. The number of piperazine rings is 1. The number of aliphatic imine (C=N–C) groups is 1. The van der Waals surface area contributed by atoms with E-state index in [1.165, 1.54) is 5.56 Å². The average molecular weight is 443 g/mol. The minimum atomic E-state index is -0.0863. The predicted molar refractivity (Wildman–Crippen MR) is 125 cm³/mol. The second-order valence-corrected chi connectivity index (χ2v) is 8.47. The first-order chi connectivity index (χ1) is 15.2. The Hall–Kier alpha value is -2.38. The average Bonchev–Trinajstić information content (AvgIpc) is 2.83. The van der Waals surface area contributed by atoms with Crippen LogP contribution in [-0.2, 0) is 10.2 Å². The van der Waals surface area contributed by atoms with Crippen LogP contribution in [0.4, 0.5) is 5.95 Å². The lowest BCUT2D eigenvalue weighted by Crippen LogP contribution is -2.53. The highest BCUT2D eigenvalue weighted by Gasteiger charge is 2.36. The molecule has 8 heteroatoms. The molecule has 0 radical (unpaired) electrons. The number of guanidine groups is 1. The summed E-state index contributed by atoms with van der Waals surface area (Å²) in [6, 6.07) is 10.0. The van der Waals surface area contributed by atoms with Crippen LogP contribution >= 0.6 is 11.6 Å². The summed E-state index contributed by atoms with van der Waals surface area (Å²) < 4.78 is 5.68. The molecular weight excluding hydrogens is 412 g/mol. The van der Waals surface area contributed by atoms with Gasteiger partial charge in [-0.05, 0) is 37.5 Å². The quantitative estimate of drug-likeness (QED) is 0.567. The number of halogens is 1. The highest BCUT2D eigenvalue weighted by atomic mass is 35.5. The SMILES string of the molecule is CCNC(=NCC1(c2ccccc2Cl)CCOCC1)N1CCN(c2ncccn2)CC1. The van der Waals surface area contributed by atoms with Crippen LogP contribution in [0.5, 0.6) is 0 Å². The van der Waals surface area contributed by atoms with E-state index in [4.69, 9.17) is 21.3 Å². The lowest BCUT2D eigenvalue weighted by atomic mass is 9.74. The number of anilines is 1. The summed E-state index contributed by atoms with van der Waals surface area (Å²) in [4.78, 5) is 18.4. The van der Waals surface area contributed by atoms with Gasteiger partial charge in [0.05, 0.1) is 6.54 Å². The van der Waals surface area contributed by atoms with Gasteiger partial charge in [-0.25, -0.2) is 9.97 Å². The van der Waals surface area contributed by atoms with Gasteiger partial charge in [0.25, 0.3) is 0 Å². The number of ether oxygens (including phenoxy) is 1. The van der Waals surface area contributed by atoms with Gasteiger partial charge in [0.15, 0.2) is 5.96 Å². The fourth-order valence-electron chi connectivity index (χ4n) is 4.39. The summed E-state index contributed by atoms with van der Waals surface area (Å²) in [5, 5.41) is 4.31. The molecule has 0 atom stereocenters. The molecule has 2 aromatic rings. The molecule has 4 rings (SSSR count).